The zero-order chi connectivity index (χ0) is 12.2. The Morgan fingerprint density at radius 2 is 2.00 bits per heavy atom. The van der Waals surface area contributed by atoms with Crippen molar-refractivity contribution in [3.8, 4) is 0 Å². The number of carbonyl (C=O) groups excluding carboxylic acids is 1. The molecule has 1 aliphatic rings. The van der Waals surface area contributed by atoms with Crippen molar-refractivity contribution in [1.29, 1.82) is 0 Å². The molecule has 0 unspecified atom stereocenters. The summed E-state index contributed by atoms with van der Waals surface area (Å²) in [5, 5.41) is 20.1. The molecular formula is C12H22O4. The highest BCUT2D eigenvalue weighted by atomic mass is 16.6. The van der Waals surface area contributed by atoms with Gasteiger partial charge in [-0.15, -0.1) is 0 Å². The molecule has 94 valence electrons. The number of aliphatic hydroxyl groups excluding tert-OH is 1. The van der Waals surface area contributed by atoms with Crippen molar-refractivity contribution in [2.75, 3.05) is 6.61 Å². The van der Waals surface area contributed by atoms with Gasteiger partial charge in [0.1, 0.15) is 0 Å². The molecule has 1 aliphatic carbocycles. The molecule has 0 aromatic rings. The molecular weight excluding hydrogens is 208 g/mol. The molecule has 0 aromatic carbocycles. The van der Waals surface area contributed by atoms with Gasteiger partial charge in [-0.2, -0.15) is 0 Å². The van der Waals surface area contributed by atoms with Crippen LogP contribution < -0.4 is 0 Å². The summed E-state index contributed by atoms with van der Waals surface area (Å²) in [6.45, 7) is 3.23. The van der Waals surface area contributed by atoms with E-state index in [1.54, 1.807) is 6.92 Å². The van der Waals surface area contributed by atoms with Crippen LogP contribution in [0.25, 0.3) is 0 Å². The van der Waals surface area contributed by atoms with Gasteiger partial charge in [0.2, 0.25) is 0 Å². The van der Waals surface area contributed by atoms with E-state index in [1.165, 1.54) is 13.3 Å². The van der Waals surface area contributed by atoms with Crippen LogP contribution in [0.2, 0.25) is 0 Å². The monoisotopic (exact) mass is 230 g/mol. The summed E-state index contributed by atoms with van der Waals surface area (Å²) >= 11 is 0. The molecule has 4 nitrogen and oxygen atoms in total. The summed E-state index contributed by atoms with van der Waals surface area (Å²) in [6.07, 6.45) is 4.01. The van der Waals surface area contributed by atoms with Crippen LogP contribution in [-0.2, 0) is 9.53 Å². The van der Waals surface area contributed by atoms with Crippen LogP contribution in [0.1, 0.15) is 46.0 Å². The number of aliphatic hydroxyl groups is 2. The van der Waals surface area contributed by atoms with Crippen molar-refractivity contribution >= 4 is 5.97 Å². The van der Waals surface area contributed by atoms with Crippen molar-refractivity contribution in [3.63, 3.8) is 0 Å². The van der Waals surface area contributed by atoms with Crippen LogP contribution in [0, 0.1) is 5.92 Å². The third-order valence-corrected chi connectivity index (χ3v) is 3.36. The van der Waals surface area contributed by atoms with Crippen molar-refractivity contribution in [2.24, 2.45) is 5.92 Å². The molecule has 4 heteroatoms. The van der Waals surface area contributed by atoms with E-state index in [2.05, 4.69) is 0 Å². The van der Waals surface area contributed by atoms with Gasteiger partial charge in [0.05, 0.1) is 12.7 Å². The smallest absolute Gasteiger partial charge is 0.340 e. The first-order valence-electron chi connectivity index (χ1n) is 6.07. The Bertz CT molecular complexity index is 231. The van der Waals surface area contributed by atoms with Gasteiger partial charge in [0.25, 0.3) is 0 Å². The van der Waals surface area contributed by atoms with E-state index in [1.807, 2.05) is 0 Å². The maximum Gasteiger partial charge on any atom is 0.340 e. The molecule has 1 saturated carbocycles. The van der Waals surface area contributed by atoms with Crippen molar-refractivity contribution in [3.05, 3.63) is 0 Å². The van der Waals surface area contributed by atoms with Crippen molar-refractivity contribution in [2.45, 2.75) is 57.7 Å². The Morgan fingerprint density at radius 3 is 2.50 bits per heavy atom. The molecule has 0 saturated heterocycles. The zero-order valence-corrected chi connectivity index (χ0v) is 10.1. The minimum Gasteiger partial charge on any atom is -0.464 e. The van der Waals surface area contributed by atoms with Gasteiger partial charge >= 0.3 is 5.97 Å². The van der Waals surface area contributed by atoms with Crippen molar-refractivity contribution < 1.29 is 19.7 Å². The summed E-state index contributed by atoms with van der Waals surface area (Å²) < 4.78 is 4.77. The molecule has 0 aliphatic heterocycles. The molecule has 0 amide bonds. The lowest BCUT2D eigenvalue weighted by Gasteiger charge is -2.34. The molecule has 0 heterocycles. The largest absolute Gasteiger partial charge is 0.464 e. The Balaban J connectivity index is 2.61. The Hall–Kier alpha value is -0.610. The first-order chi connectivity index (χ1) is 7.50. The lowest BCUT2D eigenvalue weighted by Crippen LogP contribution is -2.51. The molecule has 1 fully saturated rings. The highest BCUT2D eigenvalue weighted by molar-refractivity contribution is 5.79. The summed E-state index contributed by atoms with van der Waals surface area (Å²) in [4.78, 5) is 11.5. The number of esters is 1. The maximum absolute atomic E-state index is 11.5. The zero-order valence-electron chi connectivity index (χ0n) is 10.1. The van der Waals surface area contributed by atoms with Gasteiger partial charge in [0, 0.05) is 0 Å². The molecule has 1 rings (SSSR count). The van der Waals surface area contributed by atoms with E-state index < -0.39 is 17.7 Å². The van der Waals surface area contributed by atoms with E-state index in [9.17, 15) is 15.0 Å². The van der Waals surface area contributed by atoms with Crippen molar-refractivity contribution in [1.82, 2.24) is 0 Å². The van der Waals surface area contributed by atoms with E-state index in [-0.39, 0.29) is 12.5 Å². The molecule has 0 spiro atoms. The van der Waals surface area contributed by atoms with E-state index in [0.717, 1.165) is 25.7 Å². The number of ether oxygens (including phenoxy) is 1. The molecule has 0 aromatic heterocycles. The van der Waals surface area contributed by atoms with Gasteiger partial charge < -0.3 is 14.9 Å². The van der Waals surface area contributed by atoms with Gasteiger partial charge in [0.15, 0.2) is 5.60 Å². The Labute approximate surface area is 96.6 Å². The number of hydrogen-bond acceptors (Lipinski definition) is 4. The topological polar surface area (TPSA) is 66.8 Å². The average molecular weight is 230 g/mol. The minimum absolute atomic E-state index is 0.00755. The molecule has 0 bridgehead atoms. The average Bonchev–Trinajstić information content (AvgIpc) is 2.29. The molecule has 2 atom stereocenters. The second-order valence-electron chi connectivity index (χ2n) is 4.71. The summed E-state index contributed by atoms with van der Waals surface area (Å²) in [7, 11) is 0. The van der Waals surface area contributed by atoms with E-state index in [4.69, 9.17) is 4.74 Å². The second-order valence-corrected chi connectivity index (χ2v) is 4.71. The van der Waals surface area contributed by atoms with Crippen LogP contribution in [0.4, 0.5) is 0 Å². The highest BCUT2D eigenvalue weighted by Gasteiger charge is 2.43. The molecule has 16 heavy (non-hydrogen) atoms. The van der Waals surface area contributed by atoms with Crippen LogP contribution in [-0.4, -0.2) is 34.5 Å². The predicted octanol–water partition coefficient (Wildman–Crippen LogP) is 1.24. The summed E-state index contributed by atoms with van der Waals surface area (Å²) in [5.74, 6) is -0.721. The quantitative estimate of drug-likeness (QED) is 0.713. The Kier molecular flexibility index (Phi) is 4.74. The summed E-state index contributed by atoms with van der Waals surface area (Å²) in [5.41, 5.74) is -1.78. The van der Waals surface area contributed by atoms with E-state index in [0.29, 0.717) is 0 Å². The number of hydrogen-bond donors (Lipinski definition) is 2. The third kappa shape index (κ3) is 2.95. The molecule has 2 N–H and O–H groups in total. The maximum atomic E-state index is 11.5. The van der Waals surface area contributed by atoms with Gasteiger partial charge in [-0.25, -0.2) is 4.79 Å². The lowest BCUT2D eigenvalue weighted by molar-refractivity contribution is -0.180. The van der Waals surface area contributed by atoms with Crippen LogP contribution in [0.5, 0.6) is 0 Å². The second kappa shape index (κ2) is 5.64. The van der Waals surface area contributed by atoms with Gasteiger partial charge in [-0.1, -0.05) is 19.3 Å². The minimum atomic E-state index is -1.78. The SMILES string of the molecule is CCOC(=O)[C@@](C)(O)[C@H](O)C1CCCCC1. The third-order valence-electron chi connectivity index (χ3n) is 3.36. The van der Waals surface area contributed by atoms with Gasteiger partial charge in [-0.05, 0) is 32.6 Å². The first kappa shape index (κ1) is 13.5. The summed E-state index contributed by atoms with van der Waals surface area (Å²) in [6, 6.07) is 0. The standard InChI is InChI=1S/C12H22O4/c1-3-16-11(14)12(2,15)10(13)9-7-5-4-6-8-9/h9-10,13,15H,3-8H2,1-2H3/t10-,12+/m1/s1. The van der Waals surface area contributed by atoms with Gasteiger partial charge in [-0.3, -0.25) is 0 Å². The first-order valence-corrected chi connectivity index (χ1v) is 6.07. The lowest BCUT2D eigenvalue weighted by atomic mass is 9.79. The van der Waals surface area contributed by atoms with E-state index >= 15 is 0 Å². The number of carbonyl (C=O) groups is 1. The number of rotatable bonds is 4. The predicted molar refractivity (Wildman–Crippen MR) is 59.8 cm³/mol. The van der Waals surface area contributed by atoms with Crippen LogP contribution >= 0.6 is 0 Å². The Morgan fingerprint density at radius 1 is 1.44 bits per heavy atom. The van der Waals surface area contributed by atoms with Crippen LogP contribution in [0.15, 0.2) is 0 Å². The fourth-order valence-electron chi connectivity index (χ4n) is 2.31. The molecule has 0 radical (unpaired) electrons. The fourth-order valence-corrected chi connectivity index (χ4v) is 2.31. The van der Waals surface area contributed by atoms with Crippen LogP contribution in [0.3, 0.4) is 0 Å². The normalized spacial score (nSPS) is 23.5. The fraction of sp³-hybridized carbons (Fsp3) is 0.917. The highest BCUT2D eigenvalue weighted by Crippen LogP contribution is 2.31.